The van der Waals surface area contributed by atoms with Gasteiger partial charge in [-0.1, -0.05) is 6.92 Å². The third-order valence-electron chi connectivity index (χ3n) is 1.76. The van der Waals surface area contributed by atoms with Gasteiger partial charge in [-0.05, 0) is 6.42 Å². The first-order valence-corrected chi connectivity index (χ1v) is 5.41. The Bertz CT molecular complexity index is 196. The molecule has 0 aromatic heterocycles. The van der Waals surface area contributed by atoms with Crippen LogP contribution in [0.15, 0.2) is 0 Å². The van der Waals surface area contributed by atoms with Crippen molar-refractivity contribution in [2.24, 2.45) is 0 Å². The van der Waals surface area contributed by atoms with E-state index in [1.807, 2.05) is 6.92 Å². The maximum atomic E-state index is 11.3. The minimum atomic E-state index is -0.973. The Kier molecular flexibility index (Phi) is 3.68. The van der Waals surface area contributed by atoms with Crippen LogP contribution in [0.1, 0.15) is 13.3 Å². The van der Waals surface area contributed by atoms with E-state index in [0.29, 0.717) is 12.3 Å². The molecule has 0 bridgehead atoms. The van der Waals surface area contributed by atoms with Crippen molar-refractivity contribution in [2.75, 3.05) is 25.4 Å². The fourth-order valence-corrected chi connectivity index (χ4v) is 2.09. The predicted octanol–water partition coefficient (Wildman–Crippen LogP) is -0.508. The molecule has 1 amide bonds. The third kappa shape index (κ3) is 2.57. The number of carbonyl (C=O) groups excluding carboxylic acids is 1. The molecule has 1 unspecified atom stereocenters. The number of rotatable bonds is 2. The van der Waals surface area contributed by atoms with Crippen molar-refractivity contribution in [1.82, 2.24) is 9.62 Å². The SMILES string of the molecule is CCS(=O)N1CCCNC(=O)C1. The lowest BCUT2D eigenvalue weighted by Crippen LogP contribution is -2.34. The van der Waals surface area contributed by atoms with Gasteiger partial charge in [0.1, 0.15) is 0 Å². The Balaban J connectivity index is 2.51. The molecule has 0 aromatic rings. The van der Waals surface area contributed by atoms with Crippen LogP contribution in [0.2, 0.25) is 0 Å². The molecule has 70 valence electrons. The minimum Gasteiger partial charge on any atom is -0.355 e. The van der Waals surface area contributed by atoms with Crippen LogP contribution in [0.4, 0.5) is 0 Å². The molecule has 0 radical (unpaired) electrons. The van der Waals surface area contributed by atoms with E-state index in [-0.39, 0.29) is 12.5 Å². The van der Waals surface area contributed by atoms with Crippen molar-refractivity contribution < 1.29 is 9.00 Å². The van der Waals surface area contributed by atoms with Crippen LogP contribution in [0.5, 0.6) is 0 Å². The topological polar surface area (TPSA) is 49.4 Å². The third-order valence-corrected chi connectivity index (χ3v) is 3.14. The maximum Gasteiger partial charge on any atom is 0.235 e. The molecule has 1 N–H and O–H groups in total. The van der Waals surface area contributed by atoms with Crippen LogP contribution in [0.3, 0.4) is 0 Å². The van der Waals surface area contributed by atoms with Crippen molar-refractivity contribution in [1.29, 1.82) is 0 Å². The molecule has 1 aliphatic heterocycles. The Morgan fingerprint density at radius 2 is 2.42 bits per heavy atom. The van der Waals surface area contributed by atoms with Gasteiger partial charge in [-0.3, -0.25) is 4.79 Å². The molecule has 12 heavy (non-hydrogen) atoms. The molecule has 1 fully saturated rings. The average molecular weight is 190 g/mol. The molecular weight excluding hydrogens is 176 g/mol. The van der Waals surface area contributed by atoms with Crippen molar-refractivity contribution >= 4 is 16.9 Å². The standard InChI is InChI=1S/C7H14N2O2S/c1-2-12(11)9-5-3-4-8-7(10)6-9/h2-6H2,1H3,(H,8,10). The second-order valence-corrected chi connectivity index (χ2v) is 4.41. The molecule has 1 atom stereocenters. The Labute approximate surface area is 74.9 Å². The zero-order chi connectivity index (χ0) is 8.97. The molecule has 0 aromatic carbocycles. The van der Waals surface area contributed by atoms with Crippen molar-refractivity contribution in [2.45, 2.75) is 13.3 Å². The lowest BCUT2D eigenvalue weighted by atomic mass is 10.4. The number of carbonyl (C=O) groups is 1. The highest BCUT2D eigenvalue weighted by Crippen LogP contribution is 2.00. The van der Waals surface area contributed by atoms with Gasteiger partial charge < -0.3 is 5.32 Å². The number of hydrogen-bond acceptors (Lipinski definition) is 2. The highest BCUT2D eigenvalue weighted by atomic mass is 32.2. The quantitative estimate of drug-likeness (QED) is 0.637. The van der Waals surface area contributed by atoms with Gasteiger partial charge in [-0.2, -0.15) is 0 Å². The maximum absolute atomic E-state index is 11.3. The second kappa shape index (κ2) is 4.57. The van der Waals surface area contributed by atoms with Gasteiger partial charge in [-0.25, -0.2) is 8.51 Å². The average Bonchev–Trinajstić information content (AvgIpc) is 2.28. The lowest BCUT2D eigenvalue weighted by Gasteiger charge is -2.15. The first-order valence-electron chi connectivity index (χ1n) is 4.14. The van der Waals surface area contributed by atoms with Gasteiger partial charge in [0.05, 0.1) is 17.5 Å². The molecule has 1 aliphatic rings. The van der Waals surface area contributed by atoms with Crippen LogP contribution in [0.25, 0.3) is 0 Å². The minimum absolute atomic E-state index is 0.0192. The Morgan fingerprint density at radius 1 is 1.67 bits per heavy atom. The highest BCUT2D eigenvalue weighted by molar-refractivity contribution is 7.82. The molecule has 5 heteroatoms. The van der Waals surface area contributed by atoms with Crippen LogP contribution in [-0.2, 0) is 15.8 Å². The number of amides is 1. The molecule has 0 saturated carbocycles. The zero-order valence-corrected chi connectivity index (χ0v) is 8.02. The Hall–Kier alpha value is -0.420. The van der Waals surface area contributed by atoms with E-state index in [2.05, 4.69) is 5.32 Å². The van der Waals surface area contributed by atoms with Gasteiger partial charge in [0.2, 0.25) is 5.91 Å². The smallest absolute Gasteiger partial charge is 0.235 e. The van der Waals surface area contributed by atoms with Gasteiger partial charge in [0.25, 0.3) is 0 Å². The fraction of sp³-hybridized carbons (Fsp3) is 0.857. The molecule has 1 saturated heterocycles. The van der Waals surface area contributed by atoms with Gasteiger partial charge in [0.15, 0.2) is 0 Å². The molecule has 4 nitrogen and oxygen atoms in total. The molecule has 0 aliphatic carbocycles. The summed E-state index contributed by atoms with van der Waals surface area (Å²) in [5, 5.41) is 2.74. The normalized spacial score (nSPS) is 22.9. The predicted molar refractivity (Wildman–Crippen MR) is 47.9 cm³/mol. The molecular formula is C7H14N2O2S. The van der Waals surface area contributed by atoms with E-state index in [9.17, 15) is 9.00 Å². The summed E-state index contributed by atoms with van der Waals surface area (Å²) in [6, 6.07) is 0. The van der Waals surface area contributed by atoms with Crippen LogP contribution in [0, 0.1) is 0 Å². The summed E-state index contributed by atoms with van der Waals surface area (Å²) < 4.78 is 13.0. The van der Waals surface area contributed by atoms with Crippen molar-refractivity contribution in [3.63, 3.8) is 0 Å². The second-order valence-electron chi connectivity index (χ2n) is 2.68. The number of nitrogens with one attached hydrogen (secondary N) is 1. The van der Waals surface area contributed by atoms with E-state index in [0.717, 1.165) is 13.0 Å². The number of nitrogens with zero attached hydrogens (tertiary/aromatic N) is 1. The first kappa shape index (κ1) is 9.67. The van der Waals surface area contributed by atoms with E-state index in [1.165, 1.54) is 0 Å². The van der Waals surface area contributed by atoms with E-state index < -0.39 is 11.0 Å². The lowest BCUT2D eigenvalue weighted by molar-refractivity contribution is -0.120. The van der Waals surface area contributed by atoms with E-state index >= 15 is 0 Å². The fourth-order valence-electron chi connectivity index (χ4n) is 1.13. The molecule has 1 rings (SSSR count). The van der Waals surface area contributed by atoms with E-state index in [1.54, 1.807) is 4.31 Å². The number of hydrogen-bond donors (Lipinski definition) is 1. The van der Waals surface area contributed by atoms with Crippen molar-refractivity contribution in [3.05, 3.63) is 0 Å². The Morgan fingerprint density at radius 3 is 3.08 bits per heavy atom. The van der Waals surface area contributed by atoms with Crippen LogP contribution in [-0.4, -0.2) is 39.8 Å². The van der Waals surface area contributed by atoms with Crippen LogP contribution >= 0.6 is 0 Å². The first-order chi connectivity index (χ1) is 5.74. The zero-order valence-electron chi connectivity index (χ0n) is 7.21. The monoisotopic (exact) mass is 190 g/mol. The summed E-state index contributed by atoms with van der Waals surface area (Å²) in [7, 11) is -0.973. The van der Waals surface area contributed by atoms with Crippen molar-refractivity contribution in [3.8, 4) is 0 Å². The highest BCUT2D eigenvalue weighted by Gasteiger charge is 2.17. The van der Waals surface area contributed by atoms with Crippen LogP contribution < -0.4 is 5.32 Å². The van der Waals surface area contributed by atoms with Gasteiger partial charge >= 0.3 is 0 Å². The summed E-state index contributed by atoms with van der Waals surface area (Å²) in [6.07, 6.45) is 0.886. The largest absolute Gasteiger partial charge is 0.355 e. The summed E-state index contributed by atoms with van der Waals surface area (Å²) >= 11 is 0. The summed E-state index contributed by atoms with van der Waals surface area (Å²) in [6.45, 7) is 3.59. The molecule has 0 spiro atoms. The summed E-state index contributed by atoms with van der Waals surface area (Å²) in [5.41, 5.74) is 0. The summed E-state index contributed by atoms with van der Waals surface area (Å²) in [4.78, 5) is 11.0. The summed E-state index contributed by atoms with van der Waals surface area (Å²) in [5.74, 6) is 0.571. The molecule has 1 heterocycles. The van der Waals surface area contributed by atoms with Gasteiger partial charge in [0, 0.05) is 18.8 Å². The van der Waals surface area contributed by atoms with Gasteiger partial charge in [-0.15, -0.1) is 0 Å². The van der Waals surface area contributed by atoms with E-state index in [4.69, 9.17) is 0 Å².